The molecule has 1 N–H and O–H groups in total. The lowest BCUT2D eigenvalue weighted by Crippen LogP contribution is -2.46. The summed E-state index contributed by atoms with van der Waals surface area (Å²) in [6.45, 7) is 3.48. The summed E-state index contributed by atoms with van der Waals surface area (Å²) in [6.07, 6.45) is 0.328. The van der Waals surface area contributed by atoms with Crippen molar-refractivity contribution >= 4 is 33.8 Å². The number of ether oxygens (including phenoxy) is 3. The molecule has 2 aromatic carbocycles. The number of rotatable bonds is 7. The molecule has 0 aromatic heterocycles. The Morgan fingerprint density at radius 3 is 2.61 bits per heavy atom. The molecule has 33 heavy (non-hydrogen) atoms. The number of imide groups is 1. The summed E-state index contributed by atoms with van der Waals surface area (Å²) in [5.41, 5.74) is 1.40. The molecule has 0 aliphatic carbocycles. The van der Waals surface area contributed by atoms with Crippen LogP contribution in [0.4, 0.5) is 4.79 Å². The van der Waals surface area contributed by atoms with E-state index in [4.69, 9.17) is 14.2 Å². The zero-order valence-electron chi connectivity index (χ0n) is 18.4. The van der Waals surface area contributed by atoms with E-state index in [1.54, 1.807) is 0 Å². The van der Waals surface area contributed by atoms with E-state index in [1.807, 2.05) is 56.3 Å². The number of amides is 3. The number of esters is 1. The third-order valence-electron chi connectivity index (χ3n) is 6.02. The van der Waals surface area contributed by atoms with Gasteiger partial charge in [0.2, 0.25) is 6.29 Å². The molecule has 1 unspecified atom stereocenters. The molecule has 1 atom stereocenters. The highest BCUT2D eigenvalue weighted by Crippen LogP contribution is 2.38. The molecular formula is C24H25BrN2O6. The topological polar surface area (TPSA) is 94.2 Å². The van der Waals surface area contributed by atoms with Gasteiger partial charge in [0.05, 0.1) is 6.61 Å². The zero-order chi connectivity index (χ0) is 23.6. The van der Waals surface area contributed by atoms with Crippen molar-refractivity contribution in [1.29, 1.82) is 0 Å². The molecule has 1 saturated heterocycles. The lowest BCUT2D eigenvalue weighted by Gasteiger charge is -2.28. The monoisotopic (exact) mass is 516 g/mol. The molecule has 4 rings (SSSR count). The van der Waals surface area contributed by atoms with Gasteiger partial charge in [0.25, 0.3) is 5.91 Å². The molecule has 0 radical (unpaired) electrons. The number of hydrogen-bond acceptors (Lipinski definition) is 6. The van der Waals surface area contributed by atoms with Gasteiger partial charge < -0.3 is 19.5 Å². The Morgan fingerprint density at radius 2 is 1.94 bits per heavy atom. The van der Waals surface area contributed by atoms with Crippen LogP contribution in [0.25, 0.3) is 0 Å². The van der Waals surface area contributed by atoms with E-state index in [9.17, 15) is 14.4 Å². The van der Waals surface area contributed by atoms with Gasteiger partial charge in [-0.1, -0.05) is 60.1 Å². The number of carbonyl (C=O) groups excluding carboxylic acids is 3. The van der Waals surface area contributed by atoms with Crippen molar-refractivity contribution in [2.45, 2.75) is 51.7 Å². The first-order chi connectivity index (χ1) is 15.9. The molecule has 0 bridgehead atoms. The number of hydrogen-bond donors (Lipinski definition) is 1. The predicted octanol–water partition coefficient (Wildman–Crippen LogP) is 4.21. The fourth-order valence-corrected chi connectivity index (χ4v) is 4.59. The van der Waals surface area contributed by atoms with Crippen LogP contribution in [0.15, 0.2) is 46.9 Å². The predicted molar refractivity (Wildman–Crippen MR) is 122 cm³/mol. The van der Waals surface area contributed by atoms with Crippen molar-refractivity contribution in [2.75, 3.05) is 6.54 Å². The maximum atomic E-state index is 12.7. The van der Waals surface area contributed by atoms with Crippen LogP contribution < -0.4 is 10.1 Å². The number of nitrogens with zero attached hydrogens (tertiary/aromatic N) is 1. The van der Waals surface area contributed by atoms with Gasteiger partial charge in [-0.25, -0.2) is 4.79 Å². The van der Waals surface area contributed by atoms with E-state index < -0.39 is 36.3 Å². The van der Waals surface area contributed by atoms with Gasteiger partial charge in [-0.2, -0.15) is 0 Å². The zero-order valence-corrected chi connectivity index (χ0v) is 20.0. The Hall–Kier alpha value is -2.91. The Labute approximate surface area is 200 Å². The third-order valence-corrected chi connectivity index (χ3v) is 6.48. The Balaban J connectivity index is 1.45. The maximum Gasteiger partial charge on any atom is 0.326 e. The number of urea groups is 1. The largest absolute Gasteiger partial charge is 0.460 e. The fourth-order valence-electron chi connectivity index (χ4n) is 4.04. The number of halogens is 1. The quantitative estimate of drug-likeness (QED) is 0.437. The average molecular weight is 517 g/mol. The van der Waals surface area contributed by atoms with Gasteiger partial charge in [0.1, 0.15) is 24.4 Å². The van der Waals surface area contributed by atoms with Crippen LogP contribution >= 0.6 is 15.9 Å². The number of fused-ring (bicyclic) bond motifs is 1. The summed E-state index contributed by atoms with van der Waals surface area (Å²) >= 11 is 3.47. The summed E-state index contributed by atoms with van der Waals surface area (Å²) in [5, 5.41) is 2.70. The highest BCUT2D eigenvalue weighted by atomic mass is 79.9. The molecule has 0 spiro atoms. The van der Waals surface area contributed by atoms with Crippen molar-refractivity contribution in [3.63, 3.8) is 0 Å². The molecule has 2 aliphatic rings. The van der Waals surface area contributed by atoms with Crippen LogP contribution in [0.2, 0.25) is 0 Å². The smallest absolute Gasteiger partial charge is 0.326 e. The Kier molecular flexibility index (Phi) is 6.71. The van der Waals surface area contributed by atoms with Crippen molar-refractivity contribution in [3.8, 4) is 5.75 Å². The SMILES string of the molecule is CCC1(CC)NC(=O)N(CC(=O)OCc2cc(Br)cc3c2OC(c2ccccc2)OC3)C1=O. The maximum absolute atomic E-state index is 12.7. The molecular weight excluding hydrogens is 492 g/mol. The second kappa shape index (κ2) is 9.52. The third kappa shape index (κ3) is 4.60. The van der Waals surface area contributed by atoms with E-state index in [-0.39, 0.29) is 6.61 Å². The van der Waals surface area contributed by atoms with Crippen LogP contribution in [-0.2, 0) is 32.3 Å². The molecule has 3 amide bonds. The van der Waals surface area contributed by atoms with Crippen LogP contribution in [0.5, 0.6) is 5.75 Å². The first-order valence-corrected chi connectivity index (χ1v) is 11.6. The molecule has 2 heterocycles. The summed E-state index contributed by atoms with van der Waals surface area (Å²) in [4.78, 5) is 38.4. The first kappa shape index (κ1) is 23.3. The van der Waals surface area contributed by atoms with E-state index >= 15 is 0 Å². The molecule has 2 aliphatic heterocycles. The fraction of sp³-hybridized carbons (Fsp3) is 0.375. The Bertz CT molecular complexity index is 1070. The lowest BCUT2D eigenvalue weighted by atomic mass is 9.93. The number of nitrogens with one attached hydrogen (secondary N) is 1. The summed E-state index contributed by atoms with van der Waals surface area (Å²) in [7, 11) is 0. The minimum absolute atomic E-state index is 0.0710. The molecule has 174 valence electrons. The average Bonchev–Trinajstić information content (AvgIpc) is 3.07. The van der Waals surface area contributed by atoms with E-state index in [0.29, 0.717) is 30.8 Å². The summed E-state index contributed by atoms with van der Waals surface area (Å²) < 4.78 is 18.2. The Morgan fingerprint density at radius 1 is 1.21 bits per heavy atom. The van der Waals surface area contributed by atoms with Gasteiger partial charge in [0, 0.05) is 21.2 Å². The molecule has 0 saturated carbocycles. The molecule has 8 nitrogen and oxygen atoms in total. The van der Waals surface area contributed by atoms with Gasteiger partial charge in [-0.15, -0.1) is 0 Å². The molecule has 9 heteroatoms. The summed E-state index contributed by atoms with van der Waals surface area (Å²) in [6, 6.07) is 12.7. The van der Waals surface area contributed by atoms with Crippen LogP contribution in [0.1, 0.15) is 49.7 Å². The lowest BCUT2D eigenvalue weighted by molar-refractivity contribution is -0.149. The normalized spacial score (nSPS) is 19.0. The minimum Gasteiger partial charge on any atom is -0.460 e. The van der Waals surface area contributed by atoms with Crippen LogP contribution in [-0.4, -0.2) is 34.9 Å². The highest BCUT2D eigenvalue weighted by Gasteiger charge is 2.49. The van der Waals surface area contributed by atoms with Crippen molar-refractivity contribution in [2.24, 2.45) is 0 Å². The van der Waals surface area contributed by atoms with Crippen LogP contribution in [0.3, 0.4) is 0 Å². The van der Waals surface area contributed by atoms with Crippen molar-refractivity contribution in [1.82, 2.24) is 10.2 Å². The van der Waals surface area contributed by atoms with E-state index in [1.165, 1.54) is 0 Å². The second-order valence-electron chi connectivity index (χ2n) is 8.00. The standard InChI is InChI=1S/C24H25BrN2O6/c1-3-24(4-2)22(29)27(23(30)26-24)12-19(28)31-13-16-10-18(25)11-17-14-32-21(33-20(16)17)15-8-6-5-7-9-15/h5-11,21H,3-4,12-14H2,1-2H3,(H,26,30). The number of carbonyl (C=O) groups is 3. The van der Waals surface area contributed by atoms with Gasteiger partial charge in [-0.3, -0.25) is 14.5 Å². The molecule has 1 fully saturated rings. The van der Waals surface area contributed by atoms with Crippen molar-refractivity contribution in [3.05, 3.63) is 63.6 Å². The summed E-state index contributed by atoms with van der Waals surface area (Å²) in [5.74, 6) is -0.487. The van der Waals surface area contributed by atoms with E-state index in [2.05, 4.69) is 21.2 Å². The van der Waals surface area contributed by atoms with Gasteiger partial charge >= 0.3 is 12.0 Å². The van der Waals surface area contributed by atoms with E-state index in [0.717, 1.165) is 20.5 Å². The van der Waals surface area contributed by atoms with Gasteiger partial charge in [-0.05, 0) is 25.0 Å². The number of benzene rings is 2. The second-order valence-corrected chi connectivity index (χ2v) is 8.91. The highest BCUT2D eigenvalue weighted by molar-refractivity contribution is 9.10. The first-order valence-electron chi connectivity index (χ1n) is 10.8. The molecule has 2 aromatic rings. The van der Waals surface area contributed by atoms with Crippen LogP contribution in [0, 0.1) is 0 Å². The van der Waals surface area contributed by atoms with Crippen molar-refractivity contribution < 1.29 is 28.6 Å². The minimum atomic E-state index is -0.957. The van der Waals surface area contributed by atoms with Gasteiger partial charge in [0.15, 0.2) is 0 Å².